The third-order valence-corrected chi connectivity index (χ3v) is 5.78. The molecular formula is C21H25N5O5S. The monoisotopic (exact) mass is 459 g/mol. The Morgan fingerprint density at radius 1 is 1.12 bits per heavy atom. The molecule has 1 aromatic carbocycles. The summed E-state index contributed by atoms with van der Waals surface area (Å²) in [5.41, 5.74) is -0.241. The fourth-order valence-corrected chi connectivity index (χ4v) is 3.98. The summed E-state index contributed by atoms with van der Waals surface area (Å²) in [4.78, 5) is 46.7. The molecule has 0 radical (unpaired) electrons. The molecule has 0 saturated carbocycles. The van der Waals surface area contributed by atoms with Gasteiger partial charge in [0.25, 0.3) is 5.56 Å². The number of nitrogens with one attached hydrogen (secondary N) is 1. The van der Waals surface area contributed by atoms with Gasteiger partial charge in [-0.1, -0.05) is 18.7 Å². The molecule has 3 aromatic rings. The first-order valence-electron chi connectivity index (χ1n) is 9.92. The van der Waals surface area contributed by atoms with Crippen LogP contribution in [-0.2, 0) is 25.3 Å². The van der Waals surface area contributed by atoms with Gasteiger partial charge in [0, 0.05) is 26.6 Å². The van der Waals surface area contributed by atoms with Crippen molar-refractivity contribution in [2.24, 2.45) is 14.1 Å². The summed E-state index contributed by atoms with van der Waals surface area (Å²) in [7, 11) is 6.00. The highest BCUT2D eigenvalue weighted by Gasteiger charge is 2.18. The number of rotatable bonds is 8. The number of ether oxygens (including phenoxy) is 2. The van der Waals surface area contributed by atoms with Gasteiger partial charge in [0.15, 0.2) is 5.65 Å². The molecule has 3 rings (SSSR count). The molecule has 10 nitrogen and oxygen atoms in total. The van der Waals surface area contributed by atoms with Crippen LogP contribution >= 0.6 is 11.8 Å². The van der Waals surface area contributed by atoms with Crippen LogP contribution in [0.3, 0.4) is 0 Å². The van der Waals surface area contributed by atoms with Gasteiger partial charge >= 0.3 is 5.69 Å². The summed E-state index contributed by atoms with van der Waals surface area (Å²) >= 11 is 1.11. The fraction of sp³-hybridized carbons (Fsp3) is 0.381. The number of nitrogens with zero attached hydrogens (tertiary/aromatic N) is 4. The van der Waals surface area contributed by atoms with Gasteiger partial charge in [-0.15, -0.1) is 0 Å². The maximum absolute atomic E-state index is 12.8. The quantitative estimate of drug-likeness (QED) is 0.400. The first-order chi connectivity index (χ1) is 15.3. The zero-order valence-electron chi connectivity index (χ0n) is 18.6. The minimum atomic E-state index is -0.497. The van der Waals surface area contributed by atoms with Gasteiger partial charge in [-0.3, -0.25) is 18.7 Å². The Morgan fingerprint density at radius 2 is 1.88 bits per heavy atom. The van der Waals surface area contributed by atoms with Crippen LogP contribution in [0.15, 0.2) is 32.8 Å². The Bertz CT molecular complexity index is 1280. The molecular weight excluding hydrogens is 434 g/mol. The van der Waals surface area contributed by atoms with E-state index in [1.807, 2.05) is 6.92 Å². The normalized spacial score (nSPS) is 10.9. The first kappa shape index (κ1) is 23.3. The lowest BCUT2D eigenvalue weighted by molar-refractivity contribution is -0.113. The summed E-state index contributed by atoms with van der Waals surface area (Å²) in [6, 6.07) is 5.08. The van der Waals surface area contributed by atoms with Gasteiger partial charge in [0.2, 0.25) is 5.91 Å². The largest absolute Gasteiger partial charge is 0.497 e. The predicted molar refractivity (Wildman–Crippen MR) is 123 cm³/mol. The number of aryl methyl sites for hydroxylation is 2. The number of methoxy groups -OCH3 is 2. The van der Waals surface area contributed by atoms with Crippen molar-refractivity contribution in [3.05, 3.63) is 44.9 Å². The number of thioether (sulfide) groups is 1. The number of hydrogen-bond donors (Lipinski definition) is 1. The van der Waals surface area contributed by atoms with E-state index in [9.17, 15) is 14.4 Å². The van der Waals surface area contributed by atoms with Crippen LogP contribution in [0.5, 0.6) is 11.5 Å². The fourth-order valence-electron chi connectivity index (χ4n) is 3.14. The first-order valence-corrected chi connectivity index (χ1v) is 10.9. The van der Waals surface area contributed by atoms with E-state index in [-0.39, 0.29) is 22.7 Å². The molecule has 0 unspecified atom stereocenters. The zero-order chi connectivity index (χ0) is 23.4. The predicted octanol–water partition coefficient (Wildman–Crippen LogP) is 1.73. The van der Waals surface area contributed by atoms with E-state index < -0.39 is 11.2 Å². The van der Waals surface area contributed by atoms with E-state index in [2.05, 4.69) is 15.3 Å². The number of anilines is 1. The Morgan fingerprint density at radius 3 is 2.53 bits per heavy atom. The summed E-state index contributed by atoms with van der Waals surface area (Å²) in [6.45, 7) is 1.98. The maximum atomic E-state index is 12.8. The van der Waals surface area contributed by atoms with E-state index in [0.29, 0.717) is 34.5 Å². The number of fused-ring (bicyclic) bond motifs is 1. The standard InChI is InChI=1S/C21H25N5O5S/c1-6-7-15-23-18-17(20(28)26(3)21(29)25(18)2)19(24-15)32-11-16(27)22-13-10-12(30-4)8-9-14(13)31-5/h8-10H,6-7,11H2,1-5H3,(H,22,27). The lowest BCUT2D eigenvalue weighted by atomic mass is 10.2. The van der Waals surface area contributed by atoms with Gasteiger partial charge in [0.1, 0.15) is 27.7 Å². The van der Waals surface area contributed by atoms with Crippen molar-refractivity contribution in [1.29, 1.82) is 0 Å². The third-order valence-electron chi connectivity index (χ3n) is 4.81. The van der Waals surface area contributed by atoms with Crippen molar-refractivity contribution < 1.29 is 14.3 Å². The lowest BCUT2D eigenvalue weighted by Crippen LogP contribution is -2.38. The van der Waals surface area contributed by atoms with Gasteiger partial charge < -0.3 is 14.8 Å². The summed E-state index contributed by atoms with van der Waals surface area (Å²) in [5, 5.41) is 3.37. The van der Waals surface area contributed by atoms with Crippen molar-refractivity contribution in [3.63, 3.8) is 0 Å². The van der Waals surface area contributed by atoms with Crippen LogP contribution in [0, 0.1) is 0 Å². The molecule has 0 aliphatic carbocycles. The van der Waals surface area contributed by atoms with Crippen LogP contribution in [0.2, 0.25) is 0 Å². The van der Waals surface area contributed by atoms with Crippen LogP contribution in [0.25, 0.3) is 11.0 Å². The second-order valence-electron chi connectivity index (χ2n) is 7.00. The third kappa shape index (κ3) is 4.62. The average molecular weight is 460 g/mol. The second kappa shape index (κ2) is 9.86. The molecule has 0 fully saturated rings. The van der Waals surface area contributed by atoms with E-state index in [0.717, 1.165) is 22.7 Å². The second-order valence-corrected chi connectivity index (χ2v) is 7.97. The molecule has 0 spiro atoms. The number of hydrogen-bond acceptors (Lipinski definition) is 8. The van der Waals surface area contributed by atoms with Crippen molar-refractivity contribution in [2.45, 2.75) is 24.8 Å². The minimum Gasteiger partial charge on any atom is -0.497 e. The minimum absolute atomic E-state index is 0.00988. The summed E-state index contributed by atoms with van der Waals surface area (Å²) < 4.78 is 12.8. The van der Waals surface area contributed by atoms with Crippen molar-refractivity contribution in [1.82, 2.24) is 19.1 Å². The van der Waals surface area contributed by atoms with Crippen molar-refractivity contribution in [3.8, 4) is 11.5 Å². The van der Waals surface area contributed by atoms with Crippen LogP contribution in [0.4, 0.5) is 5.69 Å². The number of amides is 1. The van der Waals surface area contributed by atoms with Crippen LogP contribution in [-0.4, -0.2) is 45.0 Å². The average Bonchev–Trinajstić information content (AvgIpc) is 2.79. The van der Waals surface area contributed by atoms with Crippen molar-refractivity contribution >= 4 is 34.4 Å². The molecule has 1 amide bonds. The topological polar surface area (TPSA) is 117 Å². The Balaban J connectivity index is 1.94. The molecule has 0 saturated heterocycles. The molecule has 0 aliphatic rings. The highest BCUT2D eigenvalue weighted by Crippen LogP contribution is 2.29. The summed E-state index contributed by atoms with van der Waals surface area (Å²) in [6.07, 6.45) is 1.38. The van der Waals surface area contributed by atoms with Gasteiger partial charge in [-0.05, 0) is 18.6 Å². The van der Waals surface area contributed by atoms with E-state index >= 15 is 0 Å². The lowest BCUT2D eigenvalue weighted by Gasteiger charge is -2.13. The molecule has 0 bridgehead atoms. The van der Waals surface area contributed by atoms with Gasteiger partial charge in [-0.2, -0.15) is 0 Å². The Labute approximate surface area is 188 Å². The number of aromatic nitrogens is 4. The molecule has 11 heteroatoms. The van der Waals surface area contributed by atoms with E-state index in [1.54, 1.807) is 25.2 Å². The Kier molecular flexibility index (Phi) is 7.18. The molecule has 170 valence electrons. The van der Waals surface area contributed by atoms with Gasteiger partial charge in [0.05, 0.1) is 25.7 Å². The molecule has 2 heterocycles. The Hall–Kier alpha value is -3.34. The molecule has 2 aromatic heterocycles. The number of carbonyl (C=O) groups is 1. The smallest absolute Gasteiger partial charge is 0.332 e. The van der Waals surface area contributed by atoms with Crippen LogP contribution in [0.1, 0.15) is 19.2 Å². The van der Waals surface area contributed by atoms with E-state index in [1.165, 1.54) is 25.8 Å². The molecule has 32 heavy (non-hydrogen) atoms. The molecule has 0 aliphatic heterocycles. The van der Waals surface area contributed by atoms with Crippen LogP contribution < -0.4 is 26.0 Å². The number of carbonyl (C=O) groups excluding carboxylic acids is 1. The summed E-state index contributed by atoms with van der Waals surface area (Å²) in [5.74, 6) is 1.26. The molecule has 0 atom stereocenters. The maximum Gasteiger partial charge on any atom is 0.332 e. The van der Waals surface area contributed by atoms with Gasteiger partial charge in [-0.25, -0.2) is 14.8 Å². The number of benzene rings is 1. The SMILES string of the molecule is CCCc1nc(SCC(=O)Nc2cc(OC)ccc2OC)c2c(=O)n(C)c(=O)n(C)c2n1. The zero-order valence-corrected chi connectivity index (χ0v) is 19.4. The van der Waals surface area contributed by atoms with E-state index in [4.69, 9.17) is 9.47 Å². The highest BCUT2D eigenvalue weighted by molar-refractivity contribution is 8.00. The van der Waals surface area contributed by atoms with Crippen molar-refractivity contribution in [2.75, 3.05) is 25.3 Å². The highest BCUT2D eigenvalue weighted by atomic mass is 32.2. The molecule has 1 N–H and O–H groups in total.